The molecule has 0 aliphatic carbocycles. The molecule has 0 bridgehead atoms. The van der Waals surface area contributed by atoms with E-state index in [1.165, 1.54) is 12.0 Å². The standard InChI is InChI=1S/C23H18N4O4/c1-31-17-4-3-16-12-27(20(28)18(16)11-17)13-23(21(29)25-22(30)26-23)8-6-14-2-5-19-15(10-14)7-9-24-19/h2-5,7,9-11,24H,12-13H2,1H3,(H2,25,26,29,30)/t23-/m0/s1. The average Bonchev–Trinajstić information content (AvgIpc) is 3.43. The van der Waals surface area contributed by atoms with E-state index in [0.29, 0.717) is 23.4 Å². The number of ether oxygens (including phenoxy) is 1. The van der Waals surface area contributed by atoms with Crippen LogP contribution < -0.4 is 15.4 Å². The van der Waals surface area contributed by atoms with Crippen molar-refractivity contribution >= 4 is 28.7 Å². The van der Waals surface area contributed by atoms with Crippen molar-refractivity contribution < 1.29 is 19.1 Å². The second-order valence-electron chi connectivity index (χ2n) is 7.53. The Morgan fingerprint density at radius 1 is 1.13 bits per heavy atom. The molecule has 2 aromatic carbocycles. The van der Waals surface area contributed by atoms with Gasteiger partial charge in [0, 0.05) is 34.8 Å². The Balaban J connectivity index is 1.47. The van der Waals surface area contributed by atoms with E-state index in [1.807, 2.05) is 36.5 Å². The molecule has 154 valence electrons. The topological polar surface area (TPSA) is 104 Å². The van der Waals surface area contributed by atoms with Gasteiger partial charge in [0.15, 0.2) is 0 Å². The van der Waals surface area contributed by atoms with Gasteiger partial charge in [-0.15, -0.1) is 0 Å². The van der Waals surface area contributed by atoms with Crippen LogP contribution in [0.15, 0.2) is 48.7 Å². The van der Waals surface area contributed by atoms with Crippen molar-refractivity contribution in [3.8, 4) is 17.6 Å². The molecule has 1 aromatic heterocycles. The van der Waals surface area contributed by atoms with Crippen LogP contribution >= 0.6 is 0 Å². The molecule has 4 amide bonds. The summed E-state index contributed by atoms with van der Waals surface area (Å²) in [5, 5.41) is 5.85. The molecule has 5 rings (SSSR count). The number of fused-ring (bicyclic) bond motifs is 2. The van der Waals surface area contributed by atoms with Crippen LogP contribution in [-0.2, 0) is 11.3 Å². The van der Waals surface area contributed by atoms with Crippen LogP contribution in [0.25, 0.3) is 10.9 Å². The Morgan fingerprint density at radius 2 is 2.00 bits per heavy atom. The molecule has 3 N–H and O–H groups in total. The first kappa shape index (κ1) is 18.8. The minimum absolute atomic E-state index is 0.0696. The van der Waals surface area contributed by atoms with Crippen molar-refractivity contribution in [2.24, 2.45) is 0 Å². The minimum Gasteiger partial charge on any atom is -0.497 e. The lowest BCUT2D eigenvalue weighted by atomic mass is 9.99. The van der Waals surface area contributed by atoms with Gasteiger partial charge in [-0.05, 0) is 42.0 Å². The van der Waals surface area contributed by atoms with E-state index in [9.17, 15) is 14.4 Å². The van der Waals surface area contributed by atoms with E-state index < -0.39 is 17.5 Å². The number of aromatic nitrogens is 1. The van der Waals surface area contributed by atoms with Gasteiger partial charge in [0.25, 0.3) is 11.8 Å². The molecule has 2 aliphatic heterocycles. The highest BCUT2D eigenvalue weighted by Gasteiger charge is 2.48. The van der Waals surface area contributed by atoms with E-state index in [2.05, 4.69) is 27.5 Å². The van der Waals surface area contributed by atoms with Gasteiger partial charge in [0.2, 0.25) is 5.54 Å². The van der Waals surface area contributed by atoms with Crippen molar-refractivity contribution in [2.45, 2.75) is 12.1 Å². The van der Waals surface area contributed by atoms with Crippen LogP contribution in [0.3, 0.4) is 0 Å². The van der Waals surface area contributed by atoms with Gasteiger partial charge < -0.3 is 19.9 Å². The molecule has 8 nitrogen and oxygen atoms in total. The number of H-pyrrole nitrogens is 1. The highest BCUT2D eigenvalue weighted by molar-refractivity contribution is 6.10. The van der Waals surface area contributed by atoms with Crippen molar-refractivity contribution in [3.05, 3.63) is 65.4 Å². The zero-order valence-electron chi connectivity index (χ0n) is 16.6. The van der Waals surface area contributed by atoms with Crippen LogP contribution in [0.4, 0.5) is 4.79 Å². The summed E-state index contributed by atoms with van der Waals surface area (Å²) in [6.07, 6.45) is 1.83. The molecule has 3 aromatic rings. The number of urea groups is 1. The summed E-state index contributed by atoms with van der Waals surface area (Å²) in [4.78, 5) is 42.2. The second kappa shape index (κ2) is 6.92. The van der Waals surface area contributed by atoms with Crippen LogP contribution in [0.1, 0.15) is 21.5 Å². The van der Waals surface area contributed by atoms with Crippen LogP contribution in [0.5, 0.6) is 5.75 Å². The Labute approximate surface area is 177 Å². The summed E-state index contributed by atoms with van der Waals surface area (Å²) < 4.78 is 5.20. The van der Waals surface area contributed by atoms with E-state index in [-0.39, 0.29) is 12.5 Å². The van der Waals surface area contributed by atoms with Gasteiger partial charge in [-0.3, -0.25) is 14.9 Å². The van der Waals surface area contributed by atoms with Gasteiger partial charge in [0.1, 0.15) is 5.75 Å². The van der Waals surface area contributed by atoms with Gasteiger partial charge in [-0.2, -0.15) is 0 Å². The summed E-state index contributed by atoms with van der Waals surface area (Å²) in [7, 11) is 1.53. The highest BCUT2D eigenvalue weighted by Crippen LogP contribution is 2.28. The predicted octanol–water partition coefficient (Wildman–Crippen LogP) is 1.76. The maximum absolute atomic E-state index is 12.9. The molecule has 8 heteroatoms. The van der Waals surface area contributed by atoms with Gasteiger partial charge in [-0.1, -0.05) is 17.9 Å². The first-order valence-electron chi connectivity index (χ1n) is 9.67. The molecular formula is C23H18N4O4. The van der Waals surface area contributed by atoms with E-state index in [1.54, 1.807) is 12.1 Å². The average molecular weight is 414 g/mol. The number of imide groups is 1. The Bertz CT molecular complexity index is 1320. The first-order chi connectivity index (χ1) is 15.0. The molecule has 0 unspecified atom stereocenters. The lowest BCUT2D eigenvalue weighted by Gasteiger charge is -2.26. The molecule has 0 radical (unpaired) electrons. The maximum atomic E-state index is 12.9. The second-order valence-corrected chi connectivity index (χ2v) is 7.53. The Hall–Kier alpha value is -4.25. The number of nitrogens with one attached hydrogen (secondary N) is 3. The minimum atomic E-state index is -1.54. The van der Waals surface area contributed by atoms with Gasteiger partial charge in [0.05, 0.1) is 13.7 Å². The van der Waals surface area contributed by atoms with Crippen LogP contribution in [-0.4, -0.2) is 46.9 Å². The normalized spacial score (nSPS) is 19.6. The fourth-order valence-corrected chi connectivity index (χ4v) is 3.92. The highest BCUT2D eigenvalue weighted by atomic mass is 16.5. The molecule has 3 heterocycles. The monoisotopic (exact) mass is 414 g/mol. The van der Waals surface area contributed by atoms with Crippen molar-refractivity contribution in [3.63, 3.8) is 0 Å². The predicted molar refractivity (Wildman–Crippen MR) is 112 cm³/mol. The SMILES string of the molecule is COc1ccc2c(c1)C(=O)N(C[C@]1(C#Cc3ccc4[nH]ccc4c3)NC(=O)NC1=O)C2. The zero-order chi connectivity index (χ0) is 21.6. The number of benzene rings is 2. The summed E-state index contributed by atoms with van der Waals surface area (Å²) in [5.41, 5.74) is 1.48. The number of hydrogen-bond donors (Lipinski definition) is 3. The van der Waals surface area contributed by atoms with E-state index in [4.69, 9.17) is 4.74 Å². The molecule has 31 heavy (non-hydrogen) atoms. The molecule has 0 saturated carbocycles. The number of methoxy groups -OCH3 is 1. The molecule has 1 atom stereocenters. The third-order valence-electron chi connectivity index (χ3n) is 5.54. The van der Waals surface area contributed by atoms with E-state index >= 15 is 0 Å². The van der Waals surface area contributed by atoms with Gasteiger partial charge >= 0.3 is 6.03 Å². The summed E-state index contributed by atoms with van der Waals surface area (Å²) in [6, 6.07) is 12.2. The summed E-state index contributed by atoms with van der Waals surface area (Å²) >= 11 is 0. The van der Waals surface area contributed by atoms with E-state index in [0.717, 1.165) is 16.5 Å². The van der Waals surface area contributed by atoms with Crippen molar-refractivity contribution in [1.29, 1.82) is 0 Å². The Morgan fingerprint density at radius 3 is 2.77 bits per heavy atom. The third kappa shape index (κ3) is 3.16. The first-order valence-corrected chi connectivity index (χ1v) is 9.67. The number of carbonyl (C=O) groups excluding carboxylic acids is 3. The fraction of sp³-hybridized carbons (Fsp3) is 0.174. The quantitative estimate of drug-likeness (QED) is 0.449. The van der Waals surface area contributed by atoms with Gasteiger partial charge in [-0.25, -0.2) is 4.79 Å². The molecule has 2 aliphatic rings. The Kier molecular flexibility index (Phi) is 4.19. The molecular weight excluding hydrogens is 396 g/mol. The largest absolute Gasteiger partial charge is 0.497 e. The number of carbonyl (C=O) groups is 3. The number of rotatable bonds is 3. The van der Waals surface area contributed by atoms with Crippen molar-refractivity contribution in [2.75, 3.05) is 13.7 Å². The van der Waals surface area contributed by atoms with Crippen LogP contribution in [0.2, 0.25) is 0 Å². The van der Waals surface area contributed by atoms with Crippen molar-refractivity contribution in [1.82, 2.24) is 20.5 Å². The van der Waals surface area contributed by atoms with Crippen LogP contribution in [0, 0.1) is 11.8 Å². The lowest BCUT2D eigenvalue weighted by molar-refractivity contribution is -0.122. The smallest absolute Gasteiger partial charge is 0.323 e. The number of aromatic amines is 1. The molecule has 1 saturated heterocycles. The lowest BCUT2D eigenvalue weighted by Crippen LogP contribution is -2.54. The molecule has 1 fully saturated rings. The third-order valence-corrected chi connectivity index (χ3v) is 5.54. The number of hydrogen-bond acceptors (Lipinski definition) is 4. The molecule has 0 spiro atoms. The summed E-state index contributed by atoms with van der Waals surface area (Å²) in [5.74, 6) is 5.68. The number of amides is 4. The summed E-state index contributed by atoms with van der Waals surface area (Å²) in [6.45, 7) is 0.250. The maximum Gasteiger partial charge on any atom is 0.323 e. The number of nitrogens with zero attached hydrogens (tertiary/aromatic N) is 1. The fourth-order valence-electron chi connectivity index (χ4n) is 3.92. The zero-order valence-corrected chi connectivity index (χ0v) is 16.6.